The van der Waals surface area contributed by atoms with Gasteiger partial charge in [-0.15, -0.1) is 0 Å². The molecule has 68 heavy (non-hydrogen) atoms. The predicted molar refractivity (Wildman–Crippen MR) is 290 cm³/mol. The van der Waals surface area contributed by atoms with Crippen LogP contribution in [0.5, 0.6) is 0 Å². The molecule has 0 bridgehead atoms. The molecule has 9 rings (SSSR count). The highest BCUT2D eigenvalue weighted by Gasteiger charge is 2.47. The first-order valence-corrected chi connectivity index (χ1v) is 34.2. The number of aromatic nitrogens is 3. The van der Waals surface area contributed by atoms with Crippen molar-refractivity contribution in [2.75, 3.05) is 13.7 Å². The number of carbonyl (C=O) groups is 3. The molecule has 0 saturated heterocycles. The van der Waals surface area contributed by atoms with Crippen molar-refractivity contribution in [3.05, 3.63) is 145 Å². The number of fused-ring (bicyclic) bond motifs is 6. The van der Waals surface area contributed by atoms with Crippen LogP contribution in [0.1, 0.15) is 24.8 Å². The molecule has 1 saturated carbocycles. The van der Waals surface area contributed by atoms with Gasteiger partial charge in [-0.2, -0.15) is 0 Å². The lowest BCUT2D eigenvalue weighted by molar-refractivity contribution is -0.130. The molecule has 0 spiro atoms. The van der Waals surface area contributed by atoms with E-state index in [0.29, 0.717) is 19.3 Å². The van der Waals surface area contributed by atoms with Crippen molar-refractivity contribution in [1.82, 2.24) is 15.0 Å². The summed E-state index contributed by atoms with van der Waals surface area (Å²) in [7, 11) is -7.36. The van der Waals surface area contributed by atoms with Crippen LogP contribution < -0.4 is 13.7 Å². The van der Waals surface area contributed by atoms with Gasteiger partial charge in [-0.05, 0) is 60.7 Å². The summed E-state index contributed by atoms with van der Waals surface area (Å²) in [6.07, 6.45) is 6.50. The summed E-state index contributed by atoms with van der Waals surface area (Å²) < 4.78 is 5.98. The van der Waals surface area contributed by atoms with Gasteiger partial charge in [-0.25, -0.2) is 0 Å². The third kappa shape index (κ3) is 9.04. The first kappa shape index (κ1) is 46.7. The average molecular weight is 951 g/mol. The fourth-order valence-electron chi connectivity index (χ4n) is 10.6. The second kappa shape index (κ2) is 17.9. The van der Waals surface area contributed by atoms with Crippen LogP contribution in [0.15, 0.2) is 140 Å². The summed E-state index contributed by atoms with van der Waals surface area (Å²) in [5, 5.41) is 6.25. The normalized spacial score (nSPS) is 16.8. The zero-order chi connectivity index (χ0) is 48.3. The van der Waals surface area contributed by atoms with Crippen molar-refractivity contribution < 1.29 is 14.4 Å². The number of rotatable bonds is 10. The number of amides is 3. The molecule has 1 aliphatic carbocycles. The van der Waals surface area contributed by atoms with Gasteiger partial charge < -0.3 is 13.7 Å². The number of anilines is 3. The fraction of sp³-hybridized carbons (Fsp3) is 0.286. The fourth-order valence-corrected chi connectivity index (χ4v) is 15.8. The molecule has 2 unspecified atom stereocenters. The van der Waals surface area contributed by atoms with E-state index in [9.17, 15) is 0 Å². The molecule has 9 nitrogen and oxygen atoms in total. The van der Waals surface area contributed by atoms with Gasteiger partial charge in [0.25, 0.3) is 0 Å². The Morgan fingerprint density at radius 1 is 0.441 bits per heavy atom. The van der Waals surface area contributed by atoms with Crippen molar-refractivity contribution in [1.29, 1.82) is 0 Å². The molecule has 0 aliphatic heterocycles. The van der Waals surface area contributed by atoms with Gasteiger partial charge >= 0.3 is 0 Å². The van der Waals surface area contributed by atoms with Crippen LogP contribution in [0.25, 0.3) is 54.6 Å². The summed E-state index contributed by atoms with van der Waals surface area (Å²) in [5.41, 5.74) is 6.88. The van der Waals surface area contributed by atoms with E-state index >= 15 is 14.4 Å². The van der Waals surface area contributed by atoms with Crippen LogP contribution in [0.2, 0.25) is 58.9 Å². The number of nitrogens with zero attached hydrogens (tertiary/aromatic N) is 6. The Bertz CT molecular complexity index is 3100. The summed E-state index contributed by atoms with van der Waals surface area (Å²) in [4.78, 5) is 61.9. The molecule has 8 aromatic rings. The highest BCUT2D eigenvalue weighted by molar-refractivity contribution is 6.84. The van der Waals surface area contributed by atoms with Crippen LogP contribution in [-0.4, -0.2) is 57.4 Å². The number of hydrogen-bond donors (Lipinski definition) is 0. The lowest BCUT2D eigenvalue weighted by Gasteiger charge is -2.44. The maximum atomic E-state index is 15.7. The highest BCUT2D eigenvalue weighted by Crippen LogP contribution is 2.42. The Morgan fingerprint density at radius 2 is 0.794 bits per heavy atom. The highest BCUT2D eigenvalue weighted by atomic mass is 28.3. The maximum Gasteiger partial charge on any atom is 0.222 e. The zero-order valence-electron chi connectivity index (χ0n) is 41.0. The quantitative estimate of drug-likeness (QED) is 0.1000. The Labute approximate surface area is 403 Å². The topological polar surface area (TPSA) is 99.6 Å². The van der Waals surface area contributed by atoms with Crippen molar-refractivity contribution in [2.24, 2.45) is 17.8 Å². The average Bonchev–Trinajstić information content (AvgIpc) is 3.30. The second-order valence-corrected chi connectivity index (χ2v) is 36.0. The molecule has 2 atom stereocenters. The van der Waals surface area contributed by atoms with E-state index in [-0.39, 0.29) is 17.7 Å². The van der Waals surface area contributed by atoms with Crippen molar-refractivity contribution >= 4 is 103 Å². The lowest BCUT2D eigenvalue weighted by Crippen LogP contribution is -2.58. The summed E-state index contributed by atoms with van der Waals surface area (Å²) in [6, 6.07) is 41.1. The zero-order valence-corrected chi connectivity index (χ0v) is 44.0. The van der Waals surface area contributed by atoms with Gasteiger partial charge in [0, 0.05) is 44.9 Å². The maximum absolute atomic E-state index is 15.7. The standard InChI is InChI=1S/C56H62N6O3Si3/c1-37-28-46(34-57-51(37)40-20-12-11-13-21-40)60(66(2,3)4)54(63)43-29-44(55(64)61(67(5,6)7)47-32-41-26-24-38-18-14-16-22-49(38)52(41)58-35-47)31-45(30-43)56(65)62(68(8,9)10)48-33-42-27-25-39-19-15-17-23-50(39)53(42)59-36-48/h11-28,32-36,43-45H,29-31H2,1-10H3. The minimum Gasteiger partial charge on any atom is -0.339 e. The van der Waals surface area contributed by atoms with Gasteiger partial charge in [0.15, 0.2) is 24.7 Å². The molecule has 0 radical (unpaired) electrons. The van der Waals surface area contributed by atoms with E-state index in [0.717, 1.165) is 77.2 Å². The Kier molecular flexibility index (Phi) is 12.3. The molecule has 1 aliphatic rings. The minimum atomic E-state index is -2.46. The third-order valence-corrected chi connectivity index (χ3v) is 18.9. The van der Waals surface area contributed by atoms with Crippen molar-refractivity contribution in [2.45, 2.75) is 85.1 Å². The number of benzene rings is 5. The van der Waals surface area contributed by atoms with Crippen molar-refractivity contribution in [3.8, 4) is 11.3 Å². The first-order valence-electron chi connectivity index (χ1n) is 23.9. The Morgan fingerprint density at radius 3 is 1.19 bits per heavy atom. The summed E-state index contributed by atoms with van der Waals surface area (Å²) >= 11 is 0. The Hall–Kier alpha value is -6.35. The molecule has 0 N–H and O–H groups in total. The van der Waals surface area contributed by atoms with Gasteiger partial charge in [0.1, 0.15) is 0 Å². The number of aryl methyl sites for hydroxylation is 1. The summed E-state index contributed by atoms with van der Waals surface area (Å²) in [6.45, 7) is 21.6. The van der Waals surface area contributed by atoms with Gasteiger partial charge in [-0.1, -0.05) is 162 Å². The smallest absolute Gasteiger partial charge is 0.222 e. The van der Waals surface area contributed by atoms with Crippen LogP contribution in [0.3, 0.4) is 0 Å². The van der Waals surface area contributed by atoms with Crippen molar-refractivity contribution in [3.63, 3.8) is 0 Å². The molecule has 3 amide bonds. The molecule has 346 valence electrons. The largest absolute Gasteiger partial charge is 0.339 e. The minimum absolute atomic E-state index is 0.0502. The van der Waals surface area contributed by atoms with Crippen LogP contribution in [0, 0.1) is 24.7 Å². The van der Waals surface area contributed by atoms with E-state index in [4.69, 9.17) is 15.0 Å². The molecule has 12 heteroatoms. The molecule has 3 heterocycles. The van der Waals surface area contributed by atoms with E-state index in [2.05, 4.69) is 126 Å². The molecular formula is C56H62N6O3Si3. The van der Waals surface area contributed by atoms with Gasteiger partial charge in [-0.3, -0.25) is 29.3 Å². The van der Waals surface area contributed by atoms with Gasteiger partial charge in [0.2, 0.25) is 17.7 Å². The van der Waals surface area contributed by atoms with Crippen LogP contribution in [0.4, 0.5) is 17.1 Å². The van der Waals surface area contributed by atoms with E-state index in [1.807, 2.05) is 93.8 Å². The first-order chi connectivity index (χ1) is 32.3. The number of carbonyl (C=O) groups excluding carboxylic acids is 3. The number of hydrogen-bond acceptors (Lipinski definition) is 6. The van der Waals surface area contributed by atoms with Crippen LogP contribution >= 0.6 is 0 Å². The molecule has 5 aromatic carbocycles. The second-order valence-electron chi connectivity index (χ2n) is 21.7. The van der Waals surface area contributed by atoms with E-state index in [1.165, 1.54) is 0 Å². The molecule has 1 fully saturated rings. The third-order valence-electron chi connectivity index (χ3n) is 13.4. The van der Waals surface area contributed by atoms with Gasteiger partial charge in [0.05, 0.1) is 52.4 Å². The summed E-state index contributed by atoms with van der Waals surface area (Å²) in [5.74, 6) is -1.94. The monoisotopic (exact) mass is 950 g/mol. The molecule has 3 aromatic heterocycles. The van der Waals surface area contributed by atoms with E-state index in [1.54, 1.807) is 0 Å². The SMILES string of the molecule is Cc1cc(N(C(=O)C2CC(C(=O)N(c3cnc4c(ccc5ccccc54)c3)[Si](C)(C)C)CC(C(=O)N(c3cnc4c(ccc5ccccc54)c3)[Si](C)(C)C)C2)[Si](C)(C)C)cnc1-c1ccccc1. The van der Waals surface area contributed by atoms with E-state index < -0.39 is 42.5 Å². The predicted octanol–water partition coefficient (Wildman–Crippen LogP) is 13.4. The molecular weight excluding hydrogens is 889 g/mol. The number of pyridine rings is 3. The van der Waals surface area contributed by atoms with Crippen LogP contribution in [-0.2, 0) is 14.4 Å². The lowest BCUT2D eigenvalue weighted by atomic mass is 9.73. The Balaban J connectivity index is 1.12.